The highest BCUT2D eigenvalue weighted by Gasteiger charge is 2.29. The molecule has 0 bridgehead atoms. The average molecular weight is 525 g/mol. The van der Waals surface area contributed by atoms with Crippen LogP contribution in [0.2, 0.25) is 0 Å². The maximum Gasteiger partial charge on any atom is 0.120 e. The Morgan fingerprint density at radius 1 is 0.579 bits per heavy atom. The van der Waals surface area contributed by atoms with Crippen LogP contribution in [0.4, 0.5) is 0 Å². The van der Waals surface area contributed by atoms with Crippen LogP contribution in [0.3, 0.4) is 0 Å². The molecule has 0 saturated heterocycles. The second kappa shape index (κ2) is 12.0. The van der Waals surface area contributed by atoms with Crippen molar-refractivity contribution in [1.29, 1.82) is 0 Å². The Kier molecular flexibility index (Phi) is 10.2. The first kappa shape index (κ1) is 32.2. The highest BCUT2D eigenvalue weighted by atomic mass is 16.3. The Morgan fingerprint density at radius 3 is 1.26 bits per heavy atom. The zero-order valence-corrected chi connectivity index (χ0v) is 26.5. The van der Waals surface area contributed by atoms with E-state index in [0.29, 0.717) is 24.6 Å². The molecule has 4 heteroatoms. The van der Waals surface area contributed by atoms with Crippen molar-refractivity contribution in [3.8, 4) is 11.5 Å². The summed E-state index contributed by atoms with van der Waals surface area (Å²) < 4.78 is 0. The summed E-state index contributed by atoms with van der Waals surface area (Å²) >= 11 is 0. The first-order chi connectivity index (χ1) is 17.2. The maximum absolute atomic E-state index is 10.9. The number of benzene rings is 2. The number of hydrogen-bond acceptors (Lipinski definition) is 4. The van der Waals surface area contributed by atoms with Gasteiger partial charge in [-0.15, -0.1) is 0 Å². The third kappa shape index (κ3) is 9.93. The smallest absolute Gasteiger partial charge is 0.120 e. The van der Waals surface area contributed by atoms with E-state index in [-0.39, 0.29) is 21.7 Å². The van der Waals surface area contributed by atoms with Crippen LogP contribution in [-0.4, -0.2) is 47.2 Å². The summed E-state index contributed by atoms with van der Waals surface area (Å²) in [5, 5.41) is 21.7. The summed E-state index contributed by atoms with van der Waals surface area (Å²) in [7, 11) is 4.16. The summed E-state index contributed by atoms with van der Waals surface area (Å²) in [5.41, 5.74) is 4.80. The molecular weight excluding hydrogens is 468 g/mol. The maximum atomic E-state index is 10.9. The third-order valence-electron chi connectivity index (χ3n) is 7.32. The SMILES string of the molecule is CN(C)CCN(Cc1cc(C(C)(C)CC(C)(C)C)ccc1O)Cc1cc(C(C)(C)CC(C)(C)C)ccc1O. The van der Waals surface area contributed by atoms with Crippen LogP contribution < -0.4 is 0 Å². The number of phenols is 2. The van der Waals surface area contributed by atoms with Gasteiger partial charge in [-0.1, -0.05) is 93.5 Å². The zero-order valence-electron chi connectivity index (χ0n) is 26.5. The molecule has 2 rings (SSSR count). The van der Waals surface area contributed by atoms with Crippen LogP contribution in [-0.2, 0) is 23.9 Å². The minimum atomic E-state index is 0.000400. The predicted octanol–water partition coefficient (Wildman–Crippen LogP) is 8.09. The minimum absolute atomic E-state index is 0.000400. The monoisotopic (exact) mass is 524 g/mol. The molecule has 2 aromatic rings. The highest BCUT2D eigenvalue weighted by molar-refractivity contribution is 5.41. The molecule has 2 aromatic carbocycles. The van der Waals surface area contributed by atoms with Crippen molar-refractivity contribution >= 4 is 0 Å². The van der Waals surface area contributed by atoms with E-state index in [1.54, 1.807) is 0 Å². The lowest BCUT2D eigenvalue weighted by Crippen LogP contribution is -2.31. The first-order valence-corrected chi connectivity index (χ1v) is 14.2. The number of phenolic OH excluding ortho intramolecular Hbond substituents is 2. The molecule has 4 nitrogen and oxygen atoms in total. The Bertz CT molecular complexity index is 976. The quantitative estimate of drug-likeness (QED) is 0.312. The fraction of sp³-hybridized carbons (Fsp3) is 0.647. The van der Waals surface area contributed by atoms with Crippen LogP contribution >= 0.6 is 0 Å². The predicted molar refractivity (Wildman–Crippen MR) is 163 cm³/mol. The fourth-order valence-corrected chi connectivity index (χ4v) is 6.16. The zero-order chi connectivity index (χ0) is 29.1. The molecule has 0 spiro atoms. The Hall–Kier alpha value is -2.04. The average Bonchev–Trinajstić information content (AvgIpc) is 2.71. The molecule has 0 radical (unpaired) electrons. The molecule has 0 aliphatic heterocycles. The van der Waals surface area contributed by atoms with Gasteiger partial charge in [0.1, 0.15) is 11.5 Å². The van der Waals surface area contributed by atoms with Gasteiger partial charge in [-0.05, 0) is 71.9 Å². The van der Waals surface area contributed by atoms with Crippen LogP contribution in [0.5, 0.6) is 11.5 Å². The van der Waals surface area contributed by atoms with Gasteiger partial charge in [0.15, 0.2) is 0 Å². The second-order valence-electron chi connectivity index (χ2n) is 15.4. The molecule has 0 saturated carbocycles. The van der Waals surface area contributed by atoms with E-state index in [2.05, 4.69) is 117 Å². The van der Waals surface area contributed by atoms with Gasteiger partial charge < -0.3 is 15.1 Å². The summed E-state index contributed by atoms with van der Waals surface area (Å²) in [5.74, 6) is 0.666. The lowest BCUT2D eigenvalue weighted by Gasteiger charge is -2.34. The van der Waals surface area contributed by atoms with Gasteiger partial charge in [-0.3, -0.25) is 4.90 Å². The molecule has 0 amide bonds. The molecule has 0 aromatic heterocycles. The van der Waals surface area contributed by atoms with Crippen molar-refractivity contribution in [2.24, 2.45) is 10.8 Å². The molecular formula is C34H56N2O2. The van der Waals surface area contributed by atoms with Gasteiger partial charge >= 0.3 is 0 Å². The van der Waals surface area contributed by atoms with Gasteiger partial charge in [-0.2, -0.15) is 0 Å². The van der Waals surface area contributed by atoms with Gasteiger partial charge in [-0.25, -0.2) is 0 Å². The topological polar surface area (TPSA) is 46.9 Å². The number of aromatic hydroxyl groups is 2. The van der Waals surface area contributed by atoms with Gasteiger partial charge in [0, 0.05) is 37.3 Å². The number of hydrogen-bond donors (Lipinski definition) is 2. The fourth-order valence-electron chi connectivity index (χ4n) is 6.16. The first-order valence-electron chi connectivity index (χ1n) is 14.2. The van der Waals surface area contributed by atoms with E-state index in [9.17, 15) is 10.2 Å². The summed E-state index contributed by atoms with van der Waals surface area (Å²) in [6.07, 6.45) is 2.11. The number of rotatable bonds is 11. The van der Waals surface area contributed by atoms with Crippen molar-refractivity contribution in [2.75, 3.05) is 27.2 Å². The molecule has 214 valence electrons. The minimum Gasteiger partial charge on any atom is -0.508 e. The number of likely N-dealkylation sites (N-methyl/N-ethyl adjacent to an activating group) is 1. The highest BCUT2D eigenvalue weighted by Crippen LogP contribution is 2.39. The molecule has 0 unspecified atom stereocenters. The van der Waals surface area contributed by atoms with E-state index < -0.39 is 0 Å². The molecule has 38 heavy (non-hydrogen) atoms. The summed E-state index contributed by atoms with van der Waals surface area (Å²) in [4.78, 5) is 4.52. The lowest BCUT2D eigenvalue weighted by molar-refractivity contribution is 0.221. The van der Waals surface area contributed by atoms with E-state index in [1.807, 2.05) is 12.1 Å². The van der Waals surface area contributed by atoms with Gasteiger partial charge in [0.2, 0.25) is 0 Å². The molecule has 2 N–H and O–H groups in total. The second-order valence-corrected chi connectivity index (χ2v) is 15.4. The van der Waals surface area contributed by atoms with Crippen molar-refractivity contribution < 1.29 is 10.2 Å². The summed E-state index contributed by atoms with van der Waals surface area (Å²) in [6.45, 7) is 25.8. The van der Waals surface area contributed by atoms with Gasteiger partial charge in [0.25, 0.3) is 0 Å². The molecule has 0 aliphatic rings. The summed E-state index contributed by atoms with van der Waals surface area (Å²) in [6, 6.07) is 12.2. The molecule has 0 aliphatic carbocycles. The van der Waals surface area contributed by atoms with E-state index in [1.165, 1.54) is 11.1 Å². The van der Waals surface area contributed by atoms with Crippen LogP contribution in [0.1, 0.15) is 104 Å². The molecule has 0 heterocycles. The Balaban J connectivity index is 2.40. The van der Waals surface area contributed by atoms with Crippen LogP contribution in [0, 0.1) is 10.8 Å². The van der Waals surface area contributed by atoms with Crippen molar-refractivity contribution in [3.63, 3.8) is 0 Å². The third-order valence-corrected chi connectivity index (χ3v) is 7.32. The van der Waals surface area contributed by atoms with E-state index >= 15 is 0 Å². The van der Waals surface area contributed by atoms with E-state index in [4.69, 9.17) is 0 Å². The van der Waals surface area contributed by atoms with Crippen molar-refractivity contribution in [3.05, 3.63) is 58.7 Å². The lowest BCUT2D eigenvalue weighted by atomic mass is 9.72. The van der Waals surface area contributed by atoms with Crippen molar-refractivity contribution in [1.82, 2.24) is 9.80 Å². The Morgan fingerprint density at radius 2 is 0.947 bits per heavy atom. The number of nitrogens with zero attached hydrogens (tertiary/aromatic N) is 2. The van der Waals surface area contributed by atoms with E-state index in [0.717, 1.165) is 37.1 Å². The van der Waals surface area contributed by atoms with Crippen LogP contribution in [0.15, 0.2) is 36.4 Å². The van der Waals surface area contributed by atoms with Crippen molar-refractivity contribution in [2.45, 2.75) is 106 Å². The normalized spacial score (nSPS) is 13.5. The van der Waals surface area contributed by atoms with Gasteiger partial charge in [0.05, 0.1) is 0 Å². The van der Waals surface area contributed by atoms with Crippen LogP contribution in [0.25, 0.3) is 0 Å². The standard InChI is InChI=1S/C34H56N2O2/c1-31(2,3)23-33(7,8)27-13-15-29(37)25(19-27)21-36(18-17-35(11)12)22-26-20-28(14-16-30(26)38)34(9,10)24-32(4,5)6/h13-16,19-20,37-38H,17-18,21-24H2,1-12H3. The molecule has 0 atom stereocenters. The largest absolute Gasteiger partial charge is 0.508 e. The molecule has 0 fully saturated rings. The Labute approximate surface area is 234 Å².